The van der Waals surface area contributed by atoms with Gasteiger partial charge >= 0.3 is 5.97 Å². The van der Waals surface area contributed by atoms with Crippen molar-refractivity contribution in [2.75, 3.05) is 6.61 Å². The Morgan fingerprint density at radius 3 is 2.36 bits per heavy atom. The van der Waals surface area contributed by atoms with Crippen LogP contribution in [0.5, 0.6) is 5.75 Å². The summed E-state index contributed by atoms with van der Waals surface area (Å²) in [5.74, 6) is 0.226. The fourth-order valence-electron chi connectivity index (χ4n) is 5.92. The molecule has 0 amide bonds. The van der Waals surface area contributed by atoms with E-state index >= 15 is 0 Å². The third-order valence-corrected chi connectivity index (χ3v) is 7.67. The van der Waals surface area contributed by atoms with E-state index in [1.165, 1.54) is 12.0 Å². The van der Waals surface area contributed by atoms with Crippen molar-refractivity contribution in [3.8, 4) is 5.75 Å². The molecule has 3 aliphatic rings. The van der Waals surface area contributed by atoms with Gasteiger partial charge in [0.1, 0.15) is 11.9 Å². The number of Topliss-reactive ketones (excluding diaryl/α,β-unsaturated/α-hetero) is 1. The van der Waals surface area contributed by atoms with Crippen LogP contribution < -0.4 is 10.1 Å². The molecule has 1 heterocycles. The van der Waals surface area contributed by atoms with E-state index in [2.05, 4.69) is 17.4 Å². The lowest BCUT2D eigenvalue weighted by molar-refractivity contribution is -0.146. The van der Waals surface area contributed by atoms with Gasteiger partial charge in [-0.2, -0.15) is 0 Å². The summed E-state index contributed by atoms with van der Waals surface area (Å²) < 4.78 is 11.7. The maximum atomic E-state index is 13.7. The van der Waals surface area contributed by atoms with E-state index in [0.717, 1.165) is 54.8 Å². The molecule has 2 aromatic carbocycles. The number of allylic oxidation sites excluding steroid dienone is 3. The van der Waals surface area contributed by atoms with E-state index in [1.807, 2.05) is 56.3 Å². The Hall–Kier alpha value is -3.34. The molecule has 0 unspecified atom stereocenters. The summed E-state index contributed by atoms with van der Waals surface area (Å²) >= 11 is 0. The van der Waals surface area contributed by atoms with Crippen LogP contribution in [0.25, 0.3) is 0 Å². The second-order valence-corrected chi connectivity index (χ2v) is 10.1. The average molecular weight is 486 g/mol. The SMILES string of the molecule is CCOc1ccc([C@H]2C(C(=O)OC3CCCCC3)=C(C)NC3=C2C(=O)C[C@H](c2ccccc2)C3)cc1. The lowest BCUT2D eigenvalue weighted by Crippen LogP contribution is -2.37. The van der Waals surface area contributed by atoms with Crippen molar-refractivity contribution in [2.24, 2.45) is 0 Å². The van der Waals surface area contributed by atoms with Crippen LogP contribution in [0, 0.1) is 0 Å². The van der Waals surface area contributed by atoms with Crippen LogP contribution in [0.2, 0.25) is 0 Å². The monoisotopic (exact) mass is 485 g/mol. The molecular weight excluding hydrogens is 450 g/mol. The maximum Gasteiger partial charge on any atom is 0.337 e. The highest BCUT2D eigenvalue weighted by Gasteiger charge is 2.41. The number of rotatable bonds is 6. The number of ketones is 1. The van der Waals surface area contributed by atoms with Crippen molar-refractivity contribution in [2.45, 2.75) is 76.7 Å². The van der Waals surface area contributed by atoms with Crippen LogP contribution in [0.3, 0.4) is 0 Å². The molecular formula is C31H35NO4. The first-order chi connectivity index (χ1) is 17.5. The van der Waals surface area contributed by atoms with Gasteiger partial charge < -0.3 is 14.8 Å². The molecule has 0 aromatic heterocycles. The molecule has 1 N–H and O–H groups in total. The van der Waals surface area contributed by atoms with Gasteiger partial charge in [0.05, 0.1) is 12.2 Å². The predicted molar refractivity (Wildman–Crippen MR) is 140 cm³/mol. The normalized spacial score (nSPS) is 22.7. The molecule has 1 fully saturated rings. The Morgan fingerprint density at radius 1 is 0.944 bits per heavy atom. The summed E-state index contributed by atoms with van der Waals surface area (Å²) in [6, 6.07) is 18.0. The Kier molecular flexibility index (Phi) is 7.26. The topological polar surface area (TPSA) is 64.6 Å². The van der Waals surface area contributed by atoms with Crippen LogP contribution in [0.15, 0.2) is 77.1 Å². The molecule has 1 saturated carbocycles. The Bertz CT molecular complexity index is 1170. The highest BCUT2D eigenvalue weighted by atomic mass is 16.5. The standard InChI is InChI=1S/C31H35NO4/c1-3-35-24-16-14-22(15-17-24)29-28(31(34)36-25-12-8-5-9-13-25)20(2)32-26-18-23(19-27(33)30(26)29)21-10-6-4-7-11-21/h4,6-7,10-11,14-17,23,25,29,32H,3,5,8-9,12-13,18-19H2,1-2H3/t23-,29+/m1/s1. The van der Waals surface area contributed by atoms with E-state index < -0.39 is 5.92 Å². The van der Waals surface area contributed by atoms with Crippen LogP contribution in [0.4, 0.5) is 0 Å². The predicted octanol–water partition coefficient (Wildman–Crippen LogP) is 6.32. The van der Waals surface area contributed by atoms with Crippen molar-refractivity contribution in [1.29, 1.82) is 0 Å². The van der Waals surface area contributed by atoms with Gasteiger partial charge in [-0.05, 0) is 75.1 Å². The minimum absolute atomic E-state index is 0.0487. The van der Waals surface area contributed by atoms with E-state index in [4.69, 9.17) is 9.47 Å². The zero-order valence-electron chi connectivity index (χ0n) is 21.2. The third-order valence-electron chi connectivity index (χ3n) is 7.67. The number of esters is 1. The van der Waals surface area contributed by atoms with E-state index in [9.17, 15) is 9.59 Å². The maximum absolute atomic E-state index is 13.7. The molecule has 188 valence electrons. The molecule has 5 heteroatoms. The molecule has 2 aliphatic carbocycles. The first kappa shape index (κ1) is 24.4. The number of hydrogen-bond donors (Lipinski definition) is 1. The number of carbonyl (C=O) groups is 2. The zero-order chi connectivity index (χ0) is 25.1. The molecule has 0 saturated heterocycles. The second-order valence-electron chi connectivity index (χ2n) is 10.1. The summed E-state index contributed by atoms with van der Waals surface area (Å²) in [6.45, 7) is 4.46. The van der Waals surface area contributed by atoms with Crippen LogP contribution in [-0.2, 0) is 14.3 Å². The second kappa shape index (κ2) is 10.7. The van der Waals surface area contributed by atoms with Crippen molar-refractivity contribution in [3.63, 3.8) is 0 Å². The summed E-state index contributed by atoms with van der Waals surface area (Å²) in [5.41, 5.74) is 5.03. The van der Waals surface area contributed by atoms with Crippen LogP contribution in [0.1, 0.15) is 81.8 Å². The van der Waals surface area contributed by atoms with E-state index in [1.54, 1.807) is 0 Å². The Labute approximate surface area is 213 Å². The van der Waals surface area contributed by atoms with Gasteiger partial charge in [-0.15, -0.1) is 0 Å². The first-order valence-corrected chi connectivity index (χ1v) is 13.3. The Balaban J connectivity index is 1.52. The van der Waals surface area contributed by atoms with E-state index in [-0.39, 0.29) is 23.8 Å². The van der Waals surface area contributed by atoms with E-state index in [0.29, 0.717) is 24.2 Å². The molecule has 0 radical (unpaired) electrons. The summed E-state index contributed by atoms with van der Waals surface area (Å²) in [7, 11) is 0. The lowest BCUT2D eigenvalue weighted by Gasteiger charge is -2.37. The van der Waals surface area contributed by atoms with Crippen LogP contribution in [-0.4, -0.2) is 24.5 Å². The summed E-state index contributed by atoms with van der Waals surface area (Å²) in [4.78, 5) is 27.4. The third kappa shape index (κ3) is 4.97. The number of hydrogen-bond acceptors (Lipinski definition) is 5. The molecule has 2 aromatic rings. The number of dihydropyridines is 1. The number of carbonyl (C=O) groups excluding carboxylic acids is 2. The van der Waals surface area contributed by atoms with Gasteiger partial charge in [-0.25, -0.2) is 4.79 Å². The van der Waals surface area contributed by atoms with Crippen LogP contribution >= 0.6 is 0 Å². The van der Waals surface area contributed by atoms with Crippen molar-refractivity contribution in [1.82, 2.24) is 5.32 Å². The van der Waals surface area contributed by atoms with Crippen molar-refractivity contribution < 1.29 is 19.1 Å². The zero-order valence-corrected chi connectivity index (χ0v) is 21.2. The molecule has 1 aliphatic heterocycles. The number of ether oxygens (including phenoxy) is 2. The molecule has 36 heavy (non-hydrogen) atoms. The molecule has 2 atom stereocenters. The smallest absolute Gasteiger partial charge is 0.337 e. The van der Waals surface area contributed by atoms with Gasteiger partial charge in [0, 0.05) is 29.3 Å². The molecule has 5 nitrogen and oxygen atoms in total. The van der Waals surface area contributed by atoms with Gasteiger partial charge in [0.25, 0.3) is 0 Å². The number of nitrogens with one attached hydrogen (secondary N) is 1. The van der Waals surface area contributed by atoms with Gasteiger partial charge in [0.2, 0.25) is 0 Å². The highest BCUT2D eigenvalue weighted by molar-refractivity contribution is 6.04. The molecule has 0 spiro atoms. The minimum atomic E-state index is -0.447. The fourth-order valence-corrected chi connectivity index (χ4v) is 5.92. The molecule has 5 rings (SSSR count). The minimum Gasteiger partial charge on any atom is -0.494 e. The molecule has 0 bridgehead atoms. The summed E-state index contributed by atoms with van der Waals surface area (Å²) in [6.07, 6.45) is 6.31. The summed E-state index contributed by atoms with van der Waals surface area (Å²) in [5, 5.41) is 3.46. The van der Waals surface area contributed by atoms with Gasteiger partial charge in [-0.1, -0.05) is 48.9 Å². The van der Waals surface area contributed by atoms with Gasteiger partial charge in [-0.3, -0.25) is 4.79 Å². The quantitative estimate of drug-likeness (QED) is 0.485. The Morgan fingerprint density at radius 2 is 1.67 bits per heavy atom. The largest absolute Gasteiger partial charge is 0.494 e. The fraction of sp³-hybridized carbons (Fsp3) is 0.419. The van der Waals surface area contributed by atoms with Crippen molar-refractivity contribution in [3.05, 3.63) is 88.3 Å². The lowest BCUT2D eigenvalue weighted by atomic mass is 9.71. The highest BCUT2D eigenvalue weighted by Crippen LogP contribution is 2.46. The number of benzene rings is 2. The van der Waals surface area contributed by atoms with Crippen molar-refractivity contribution >= 4 is 11.8 Å². The van der Waals surface area contributed by atoms with Gasteiger partial charge in [0.15, 0.2) is 5.78 Å². The first-order valence-electron chi connectivity index (χ1n) is 13.3. The average Bonchev–Trinajstić information content (AvgIpc) is 2.89.